The van der Waals surface area contributed by atoms with E-state index in [1.54, 1.807) is 32.2 Å². The monoisotopic (exact) mass is 237 g/mol. The van der Waals surface area contributed by atoms with Gasteiger partial charge in [-0.2, -0.15) is 0 Å². The molecule has 0 saturated heterocycles. The van der Waals surface area contributed by atoms with Crippen LogP contribution >= 0.6 is 0 Å². The Morgan fingerprint density at radius 1 is 1.53 bits per heavy atom. The molecule has 1 rings (SSSR count). The van der Waals surface area contributed by atoms with Gasteiger partial charge in [-0.25, -0.2) is 0 Å². The fraction of sp³-hybridized carbons (Fsp3) is 0.500. The maximum absolute atomic E-state index is 11.5. The summed E-state index contributed by atoms with van der Waals surface area (Å²) in [5.41, 5.74) is 0.339. The number of amides is 1. The fourth-order valence-corrected chi connectivity index (χ4v) is 1.23. The van der Waals surface area contributed by atoms with Crippen molar-refractivity contribution < 1.29 is 9.90 Å². The normalized spacial score (nSPS) is 11.1. The van der Waals surface area contributed by atoms with E-state index in [0.717, 1.165) is 5.69 Å². The third-order valence-electron chi connectivity index (χ3n) is 2.06. The Bertz CT molecular complexity index is 386. The van der Waals surface area contributed by atoms with Crippen LogP contribution in [-0.2, 0) is 0 Å². The third-order valence-corrected chi connectivity index (χ3v) is 2.06. The van der Waals surface area contributed by atoms with Gasteiger partial charge >= 0.3 is 0 Å². The lowest BCUT2D eigenvalue weighted by molar-refractivity contribution is 0.0943. The first-order valence-electron chi connectivity index (χ1n) is 5.63. The van der Waals surface area contributed by atoms with Gasteiger partial charge in [-0.05, 0) is 32.9 Å². The summed E-state index contributed by atoms with van der Waals surface area (Å²) in [6, 6.07) is 3.42. The van der Waals surface area contributed by atoms with Crippen LogP contribution in [0, 0.1) is 0 Å². The van der Waals surface area contributed by atoms with Crippen molar-refractivity contribution in [3.63, 3.8) is 0 Å². The molecule has 0 aliphatic heterocycles. The van der Waals surface area contributed by atoms with Gasteiger partial charge in [-0.1, -0.05) is 0 Å². The number of hydrogen-bond acceptors (Lipinski definition) is 4. The maximum atomic E-state index is 11.5. The first-order valence-corrected chi connectivity index (χ1v) is 5.63. The summed E-state index contributed by atoms with van der Waals surface area (Å²) in [6.07, 6.45) is 1.57. The van der Waals surface area contributed by atoms with Gasteiger partial charge in [-0.3, -0.25) is 9.78 Å². The zero-order chi connectivity index (χ0) is 12.9. The molecular weight excluding hydrogens is 218 g/mol. The van der Waals surface area contributed by atoms with Gasteiger partial charge in [0.2, 0.25) is 0 Å². The van der Waals surface area contributed by atoms with E-state index in [2.05, 4.69) is 15.6 Å². The van der Waals surface area contributed by atoms with Gasteiger partial charge in [0.25, 0.3) is 5.91 Å². The first-order chi connectivity index (χ1) is 7.92. The number of aromatic nitrogens is 1. The Morgan fingerprint density at radius 2 is 2.24 bits per heavy atom. The molecule has 1 amide bonds. The molecule has 0 aliphatic carbocycles. The summed E-state index contributed by atoms with van der Waals surface area (Å²) < 4.78 is 0. The number of carbonyl (C=O) groups is 1. The highest BCUT2D eigenvalue weighted by molar-refractivity contribution is 5.93. The highest BCUT2D eigenvalue weighted by Crippen LogP contribution is 2.10. The second kappa shape index (κ2) is 5.63. The van der Waals surface area contributed by atoms with E-state index in [1.165, 1.54) is 0 Å². The van der Waals surface area contributed by atoms with Crippen molar-refractivity contribution in [1.29, 1.82) is 0 Å². The molecule has 5 heteroatoms. The molecule has 17 heavy (non-hydrogen) atoms. The molecule has 3 N–H and O–H groups in total. The molecule has 0 aliphatic rings. The number of aliphatic hydroxyl groups is 1. The lowest BCUT2D eigenvalue weighted by Gasteiger charge is -2.18. The predicted molar refractivity (Wildman–Crippen MR) is 67.0 cm³/mol. The minimum atomic E-state index is -0.797. The van der Waals surface area contributed by atoms with E-state index in [1.807, 2.05) is 6.92 Å². The fourth-order valence-electron chi connectivity index (χ4n) is 1.23. The Kier molecular flexibility index (Phi) is 4.45. The molecule has 0 bridgehead atoms. The van der Waals surface area contributed by atoms with E-state index in [4.69, 9.17) is 0 Å². The Hall–Kier alpha value is -1.62. The van der Waals surface area contributed by atoms with Crippen molar-refractivity contribution in [1.82, 2.24) is 10.3 Å². The van der Waals surface area contributed by atoms with E-state index >= 15 is 0 Å². The van der Waals surface area contributed by atoms with Crippen LogP contribution in [0.1, 0.15) is 31.3 Å². The number of carbonyl (C=O) groups excluding carboxylic acids is 1. The third kappa shape index (κ3) is 4.82. The number of anilines is 1. The zero-order valence-electron chi connectivity index (χ0n) is 10.4. The van der Waals surface area contributed by atoms with Crippen LogP contribution in [0.4, 0.5) is 5.69 Å². The van der Waals surface area contributed by atoms with Crippen LogP contribution in [0.25, 0.3) is 0 Å². The average Bonchev–Trinajstić information content (AvgIpc) is 2.26. The van der Waals surface area contributed by atoms with Gasteiger partial charge < -0.3 is 15.7 Å². The lowest BCUT2D eigenvalue weighted by atomic mass is 10.1. The van der Waals surface area contributed by atoms with Crippen LogP contribution in [0.15, 0.2) is 18.3 Å². The SMILES string of the molecule is CCNC(=O)c1cc(NCC(C)(C)O)ccn1. The minimum Gasteiger partial charge on any atom is -0.389 e. The van der Waals surface area contributed by atoms with Crippen molar-refractivity contribution in [3.05, 3.63) is 24.0 Å². The number of nitrogens with one attached hydrogen (secondary N) is 2. The lowest BCUT2D eigenvalue weighted by Crippen LogP contribution is -2.29. The second-order valence-electron chi connectivity index (χ2n) is 4.46. The molecule has 0 atom stereocenters. The summed E-state index contributed by atoms with van der Waals surface area (Å²) in [5, 5.41) is 15.3. The average molecular weight is 237 g/mol. The molecule has 5 nitrogen and oxygen atoms in total. The molecular formula is C12H19N3O2. The molecule has 1 aromatic heterocycles. The van der Waals surface area contributed by atoms with Gasteiger partial charge in [-0.15, -0.1) is 0 Å². The predicted octanol–water partition coefficient (Wildman–Crippen LogP) is 1.01. The Morgan fingerprint density at radius 3 is 2.82 bits per heavy atom. The summed E-state index contributed by atoms with van der Waals surface area (Å²) in [4.78, 5) is 15.5. The largest absolute Gasteiger partial charge is 0.389 e. The molecule has 0 saturated carbocycles. The van der Waals surface area contributed by atoms with Crippen LogP contribution in [0.2, 0.25) is 0 Å². The summed E-state index contributed by atoms with van der Waals surface area (Å²) in [6.45, 7) is 6.26. The number of nitrogens with zero attached hydrogens (tertiary/aromatic N) is 1. The summed E-state index contributed by atoms with van der Waals surface area (Å²) >= 11 is 0. The first kappa shape index (κ1) is 13.4. The standard InChI is InChI=1S/C12H19N3O2/c1-4-13-11(16)10-7-9(5-6-14-10)15-8-12(2,3)17/h5-7,17H,4,8H2,1-3H3,(H,13,16)(H,14,15). The second-order valence-corrected chi connectivity index (χ2v) is 4.46. The molecule has 0 radical (unpaired) electrons. The molecule has 1 heterocycles. The van der Waals surface area contributed by atoms with Crippen molar-refractivity contribution in [3.8, 4) is 0 Å². The van der Waals surface area contributed by atoms with E-state index in [-0.39, 0.29) is 5.91 Å². The van der Waals surface area contributed by atoms with Crippen molar-refractivity contribution in [2.75, 3.05) is 18.4 Å². The van der Waals surface area contributed by atoms with E-state index < -0.39 is 5.60 Å². The van der Waals surface area contributed by atoms with Crippen LogP contribution in [0.5, 0.6) is 0 Å². The zero-order valence-corrected chi connectivity index (χ0v) is 10.4. The van der Waals surface area contributed by atoms with Crippen molar-refractivity contribution in [2.45, 2.75) is 26.4 Å². The minimum absolute atomic E-state index is 0.195. The molecule has 0 fully saturated rings. The molecule has 0 unspecified atom stereocenters. The number of pyridine rings is 1. The topological polar surface area (TPSA) is 74.2 Å². The highest BCUT2D eigenvalue weighted by atomic mass is 16.3. The van der Waals surface area contributed by atoms with Crippen molar-refractivity contribution in [2.24, 2.45) is 0 Å². The van der Waals surface area contributed by atoms with Gasteiger partial charge in [0.05, 0.1) is 5.60 Å². The summed E-state index contributed by atoms with van der Waals surface area (Å²) in [7, 11) is 0. The van der Waals surface area contributed by atoms with Crippen LogP contribution in [0.3, 0.4) is 0 Å². The molecule has 0 aromatic carbocycles. The molecule has 94 valence electrons. The van der Waals surface area contributed by atoms with E-state index in [9.17, 15) is 9.90 Å². The summed E-state index contributed by atoms with van der Waals surface area (Å²) in [5.74, 6) is -0.195. The Labute approximate surface area is 101 Å². The van der Waals surface area contributed by atoms with Crippen LogP contribution < -0.4 is 10.6 Å². The van der Waals surface area contributed by atoms with Gasteiger partial charge in [0.15, 0.2) is 0 Å². The smallest absolute Gasteiger partial charge is 0.269 e. The van der Waals surface area contributed by atoms with Crippen molar-refractivity contribution >= 4 is 11.6 Å². The maximum Gasteiger partial charge on any atom is 0.269 e. The molecule has 1 aromatic rings. The number of rotatable bonds is 5. The van der Waals surface area contributed by atoms with Gasteiger partial charge in [0.1, 0.15) is 5.69 Å². The number of hydrogen-bond donors (Lipinski definition) is 3. The van der Waals surface area contributed by atoms with Crippen LogP contribution in [-0.4, -0.2) is 34.7 Å². The quantitative estimate of drug-likeness (QED) is 0.714. The highest BCUT2D eigenvalue weighted by Gasteiger charge is 2.12. The van der Waals surface area contributed by atoms with E-state index in [0.29, 0.717) is 18.8 Å². The van der Waals surface area contributed by atoms with Gasteiger partial charge in [0, 0.05) is 25.0 Å². The Balaban J connectivity index is 2.69. The molecule has 0 spiro atoms.